The summed E-state index contributed by atoms with van der Waals surface area (Å²) in [5.41, 5.74) is 0. The summed E-state index contributed by atoms with van der Waals surface area (Å²) in [5.74, 6) is 1.93. The van der Waals surface area contributed by atoms with Crippen LogP contribution in [0.3, 0.4) is 0 Å². The van der Waals surface area contributed by atoms with Gasteiger partial charge < -0.3 is 15.5 Å². The van der Waals surface area contributed by atoms with Crippen LogP contribution in [0.25, 0.3) is 0 Å². The Hall–Kier alpha value is -0.750. The van der Waals surface area contributed by atoms with Gasteiger partial charge in [0, 0.05) is 45.1 Å². The Morgan fingerprint density at radius 3 is 2.88 bits per heavy atom. The molecule has 1 unspecified atom stereocenters. The summed E-state index contributed by atoms with van der Waals surface area (Å²) in [6.07, 6.45) is 0.360. The maximum atomic E-state index is 11.9. The molecule has 1 saturated heterocycles. The van der Waals surface area contributed by atoms with Crippen LogP contribution in [0, 0.1) is 0 Å². The molecule has 1 fully saturated rings. The molecule has 1 aliphatic rings. The fourth-order valence-corrected chi connectivity index (χ4v) is 2.42. The van der Waals surface area contributed by atoms with E-state index in [-0.39, 0.29) is 17.9 Å². The van der Waals surface area contributed by atoms with Crippen molar-refractivity contribution in [3.05, 3.63) is 0 Å². The molecule has 92 valence electrons. The Bertz CT molecular complexity index is 254. The predicted molar refractivity (Wildman–Crippen MR) is 65.4 cm³/mol. The van der Waals surface area contributed by atoms with E-state index in [1.807, 2.05) is 0 Å². The van der Waals surface area contributed by atoms with Crippen LogP contribution in [0.4, 0.5) is 0 Å². The number of nitrogens with one attached hydrogen (secondary N) is 2. The lowest BCUT2D eigenvalue weighted by Crippen LogP contribution is -2.49. The third-order valence-electron chi connectivity index (χ3n) is 2.55. The lowest BCUT2D eigenvalue weighted by atomic mass is 10.2. The van der Waals surface area contributed by atoms with E-state index in [1.54, 1.807) is 30.8 Å². The van der Waals surface area contributed by atoms with Crippen molar-refractivity contribution in [3.63, 3.8) is 0 Å². The number of likely N-dealkylation sites (N-methyl/N-ethyl adjacent to an activating group) is 1. The van der Waals surface area contributed by atoms with Crippen molar-refractivity contribution in [1.29, 1.82) is 0 Å². The molecule has 0 aromatic rings. The second-order valence-electron chi connectivity index (χ2n) is 3.76. The van der Waals surface area contributed by atoms with Gasteiger partial charge in [-0.2, -0.15) is 11.8 Å². The van der Waals surface area contributed by atoms with Gasteiger partial charge in [0.1, 0.15) is 0 Å². The summed E-state index contributed by atoms with van der Waals surface area (Å²) in [6.45, 7) is 1.35. The van der Waals surface area contributed by atoms with Crippen molar-refractivity contribution in [2.45, 2.75) is 12.5 Å². The second-order valence-corrected chi connectivity index (χ2v) is 4.91. The van der Waals surface area contributed by atoms with Crippen LogP contribution in [0.2, 0.25) is 0 Å². The highest BCUT2D eigenvalue weighted by Crippen LogP contribution is 2.09. The number of carbonyl (C=O) groups is 2. The average Bonchev–Trinajstić information content (AvgIpc) is 2.35. The topological polar surface area (TPSA) is 61.4 Å². The van der Waals surface area contributed by atoms with E-state index in [1.165, 1.54) is 0 Å². The van der Waals surface area contributed by atoms with Gasteiger partial charge in [0.2, 0.25) is 11.8 Å². The minimum atomic E-state index is -0.0894. The first-order valence-electron chi connectivity index (χ1n) is 5.42. The van der Waals surface area contributed by atoms with E-state index in [2.05, 4.69) is 10.6 Å². The van der Waals surface area contributed by atoms with Crippen molar-refractivity contribution in [2.75, 3.05) is 38.7 Å². The van der Waals surface area contributed by atoms with E-state index in [4.69, 9.17) is 0 Å². The molecule has 2 amide bonds. The summed E-state index contributed by atoms with van der Waals surface area (Å²) in [7, 11) is 3.34. The zero-order valence-electron chi connectivity index (χ0n) is 9.78. The summed E-state index contributed by atoms with van der Waals surface area (Å²) in [6, 6.07) is -0.0894. The monoisotopic (exact) mass is 245 g/mol. The van der Waals surface area contributed by atoms with Crippen LogP contribution in [0.5, 0.6) is 0 Å². The predicted octanol–water partition coefficient (Wildman–Crippen LogP) is -0.714. The molecule has 2 N–H and O–H groups in total. The van der Waals surface area contributed by atoms with E-state index in [0.717, 1.165) is 18.1 Å². The molecule has 0 bridgehead atoms. The fraction of sp³-hybridized carbons (Fsp3) is 0.800. The number of thioether (sulfide) groups is 1. The maximum Gasteiger partial charge on any atom is 0.240 e. The van der Waals surface area contributed by atoms with Gasteiger partial charge in [-0.05, 0) is 0 Å². The zero-order chi connectivity index (χ0) is 12.0. The minimum absolute atomic E-state index is 0.0365. The Labute approximate surface area is 100 Å². The highest BCUT2D eigenvalue weighted by molar-refractivity contribution is 7.99. The summed E-state index contributed by atoms with van der Waals surface area (Å²) in [4.78, 5) is 24.6. The van der Waals surface area contributed by atoms with Crippen LogP contribution in [-0.4, -0.2) is 61.4 Å². The average molecular weight is 245 g/mol. The van der Waals surface area contributed by atoms with Crippen molar-refractivity contribution < 1.29 is 9.59 Å². The standard InChI is InChI=1S/C10H19N3O2S/c1-11-9(14)3-5-13(2)10(15)8-7-16-6-4-12-8/h8,12H,3-7H2,1-2H3,(H,11,14). The maximum absolute atomic E-state index is 11.9. The Morgan fingerprint density at radius 2 is 2.31 bits per heavy atom. The molecule has 0 aromatic heterocycles. The first-order chi connectivity index (χ1) is 7.65. The first kappa shape index (κ1) is 13.3. The highest BCUT2D eigenvalue weighted by Gasteiger charge is 2.23. The highest BCUT2D eigenvalue weighted by atomic mass is 32.2. The van der Waals surface area contributed by atoms with Gasteiger partial charge in [0.15, 0.2) is 0 Å². The third kappa shape index (κ3) is 4.02. The van der Waals surface area contributed by atoms with Gasteiger partial charge in [-0.25, -0.2) is 0 Å². The third-order valence-corrected chi connectivity index (χ3v) is 3.61. The van der Waals surface area contributed by atoms with Gasteiger partial charge in [-0.3, -0.25) is 9.59 Å². The fourth-order valence-electron chi connectivity index (χ4n) is 1.49. The Kier molecular flexibility index (Phi) is 5.62. The quantitative estimate of drug-likeness (QED) is 0.686. The van der Waals surface area contributed by atoms with Gasteiger partial charge in [-0.15, -0.1) is 0 Å². The molecule has 1 rings (SSSR count). The van der Waals surface area contributed by atoms with Crippen molar-refractivity contribution in [3.8, 4) is 0 Å². The summed E-state index contributed by atoms with van der Waals surface area (Å²) in [5, 5.41) is 5.73. The number of hydrogen-bond acceptors (Lipinski definition) is 4. The van der Waals surface area contributed by atoms with Crippen molar-refractivity contribution >= 4 is 23.6 Å². The second kappa shape index (κ2) is 6.75. The van der Waals surface area contributed by atoms with Crippen LogP contribution >= 0.6 is 11.8 Å². The normalized spacial score (nSPS) is 20.2. The Balaban J connectivity index is 2.31. The first-order valence-corrected chi connectivity index (χ1v) is 6.57. The molecule has 0 aliphatic carbocycles. The van der Waals surface area contributed by atoms with Crippen molar-refractivity contribution in [1.82, 2.24) is 15.5 Å². The lowest BCUT2D eigenvalue weighted by molar-refractivity contribution is -0.132. The molecule has 1 atom stereocenters. The molecule has 16 heavy (non-hydrogen) atoms. The zero-order valence-corrected chi connectivity index (χ0v) is 10.6. The number of carbonyl (C=O) groups excluding carboxylic acids is 2. The lowest BCUT2D eigenvalue weighted by Gasteiger charge is -2.27. The van der Waals surface area contributed by atoms with Crippen LogP contribution < -0.4 is 10.6 Å². The molecular formula is C10H19N3O2S. The van der Waals surface area contributed by atoms with Gasteiger partial charge in [0.25, 0.3) is 0 Å². The van der Waals surface area contributed by atoms with Gasteiger partial charge >= 0.3 is 0 Å². The molecule has 1 aliphatic heterocycles. The smallest absolute Gasteiger partial charge is 0.240 e. The largest absolute Gasteiger partial charge is 0.359 e. The summed E-state index contributed by atoms with van der Waals surface area (Å²) >= 11 is 1.79. The molecule has 0 spiro atoms. The molecule has 0 radical (unpaired) electrons. The van der Waals surface area contributed by atoms with E-state index >= 15 is 0 Å². The van der Waals surface area contributed by atoms with Crippen LogP contribution in [-0.2, 0) is 9.59 Å². The number of rotatable bonds is 4. The van der Waals surface area contributed by atoms with Gasteiger partial charge in [-0.1, -0.05) is 0 Å². The molecule has 1 heterocycles. The minimum Gasteiger partial charge on any atom is -0.359 e. The SMILES string of the molecule is CNC(=O)CCN(C)C(=O)C1CSCCN1. The van der Waals surface area contributed by atoms with Crippen molar-refractivity contribution in [2.24, 2.45) is 0 Å². The van der Waals surface area contributed by atoms with Crippen LogP contribution in [0.15, 0.2) is 0 Å². The van der Waals surface area contributed by atoms with Gasteiger partial charge in [0.05, 0.1) is 6.04 Å². The number of amides is 2. The van der Waals surface area contributed by atoms with Crippen LogP contribution in [0.1, 0.15) is 6.42 Å². The van der Waals surface area contributed by atoms with E-state index in [9.17, 15) is 9.59 Å². The number of hydrogen-bond donors (Lipinski definition) is 2. The molecule has 0 saturated carbocycles. The molecule has 5 nitrogen and oxygen atoms in total. The molecular weight excluding hydrogens is 226 g/mol. The Morgan fingerprint density at radius 1 is 1.56 bits per heavy atom. The molecule has 0 aromatic carbocycles. The van der Waals surface area contributed by atoms with E-state index < -0.39 is 0 Å². The summed E-state index contributed by atoms with van der Waals surface area (Å²) < 4.78 is 0. The number of nitrogens with zero attached hydrogens (tertiary/aromatic N) is 1. The van der Waals surface area contributed by atoms with E-state index in [0.29, 0.717) is 13.0 Å². The molecule has 6 heteroatoms.